The summed E-state index contributed by atoms with van der Waals surface area (Å²) in [4.78, 5) is 12.1. The van der Waals surface area contributed by atoms with E-state index in [1.807, 2.05) is 36.0 Å². The van der Waals surface area contributed by atoms with Crippen molar-refractivity contribution in [3.8, 4) is 11.6 Å². The number of nitrogens with one attached hydrogen (secondary N) is 1. The third-order valence-electron chi connectivity index (χ3n) is 6.72. The van der Waals surface area contributed by atoms with E-state index >= 15 is 0 Å². The van der Waals surface area contributed by atoms with E-state index in [1.165, 1.54) is 11.1 Å². The topological polar surface area (TPSA) is 49.8 Å². The molecule has 1 aromatic heterocycles. The van der Waals surface area contributed by atoms with Crippen LogP contribution in [0.2, 0.25) is 0 Å². The molecule has 1 N–H and O–H groups in total. The van der Waals surface area contributed by atoms with E-state index in [0.29, 0.717) is 17.2 Å². The number of para-hydroxylation sites is 1. The molecule has 35 heavy (non-hydrogen) atoms. The van der Waals surface area contributed by atoms with Crippen molar-refractivity contribution in [1.82, 2.24) is 9.88 Å². The highest BCUT2D eigenvalue weighted by molar-refractivity contribution is 8.15. The number of ether oxygens (including phenoxy) is 1. The number of piperidine rings is 1. The zero-order valence-corrected chi connectivity index (χ0v) is 21.8. The van der Waals surface area contributed by atoms with Crippen molar-refractivity contribution in [2.75, 3.05) is 18.4 Å². The molecular weight excluding hydrogens is 452 g/mol. The van der Waals surface area contributed by atoms with E-state index in [-0.39, 0.29) is 5.41 Å². The van der Waals surface area contributed by atoms with Crippen molar-refractivity contribution in [3.63, 3.8) is 0 Å². The lowest BCUT2D eigenvalue weighted by molar-refractivity contribution is 0.213. The van der Waals surface area contributed by atoms with E-state index in [2.05, 4.69) is 79.3 Å². The largest absolute Gasteiger partial charge is 0.437 e. The van der Waals surface area contributed by atoms with Gasteiger partial charge in [-0.25, -0.2) is 4.98 Å². The lowest BCUT2D eigenvalue weighted by Crippen LogP contribution is -2.42. The third kappa shape index (κ3) is 5.54. The monoisotopic (exact) mass is 486 g/mol. The molecule has 0 amide bonds. The lowest BCUT2D eigenvalue weighted by atomic mass is 9.86. The first-order valence-electron chi connectivity index (χ1n) is 12.4. The summed E-state index contributed by atoms with van der Waals surface area (Å²) in [5.74, 6) is 1.41. The van der Waals surface area contributed by atoms with Gasteiger partial charge in [0.1, 0.15) is 11.4 Å². The molecule has 2 unspecified atom stereocenters. The number of nitrogens with zero attached hydrogens (tertiary/aromatic N) is 3. The van der Waals surface area contributed by atoms with Crippen molar-refractivity contribution in [3.05, 3.63) is 83.6 Å². The molecule has 2 aliphatic rings. The van der Waals surface area contributed by atoms with Crippen LogP contribution in [0, 0.1) is 6.92 Å². The Bertz CT molecular complexity index is 1220. The number of benzene rings is 2. The Balaban J connectivity index is 1.26. The summed E-state index contributed by atoms with van der Waals surface area (Å²) < 4.78 is 6.34. The number of hydrogen-bond acceptors (Lipinski definition) is 6. The zero-order chi connectivity index (χ0) is 24.4. The second-order valence-electron chi connectivity index (χ2n) is 10.4. The van der Waals surface area contributed by atoms with Gasteiger partial charge in [-0.05, 0) is 48.1 Å². The van der Waals surface area contributed by atoms with Gasteiger partial charge in [-0.1, -0.05) is 75.0 Å². The molecule has 3 aromatic rings. The molecule has 182 valence electrons. The second-order valence-corrected chi connectivity index (χ2v) is 11.7. The highest BCUT2D eigenvalue weighted by Gasteiger charge is 2.35. The van der Waals surface area contributed by atoms with Crippen LogP contribution in [-0.2, 0) is 12.0 Å². The number of aromatic nitrogens is 1. The van der Waals surface area contributed by atoms with E-state index in [4.69, 9.17) is 9.73 Å². The van der Waals surface area contributed by atoms with E-state index in [1.54, 1.807) is 6.20 Å². The Morgan fingerprint density at radius 2 is 1.86 bits per heavy atom. The minimum atomic E-state index is -0.0236. The van der Waals surface area contributed by atoms with Crippen molar-refractivity contribution >= 4 is 22.6 Å². The maximum atomic E-state index is 6.34. The maximum Gasteiger partial charge on any atom is 0.243 e. The lowest BCUT2D eigenvalue weighted by Gasteiger charge is -2.33. The molecule has 2 aromatic carbocycles. The second kappa shape index (κ2) is 10.0. The van der Waals surface area contributed by atoms with Gasteiger partial charge in [-0.2, -0.15) is 0 Å². The molecule has 6 heteroatoms. The standard InChI is InChI=1S/C29H34N4OS/c1-20-10-5-6-11-21(20)18-33-17-15-23-26(19-33)35-28(31-23)32-24-13-9-16-30-27(24)34-25-14-8-7-12-22(25)29(2,3)4/h5-14,16,23,26H,15,17-19H2,1-4H3,(H,31,32). The number of pyridine rings is 1. The first-order chi connectivity index (χ1) is 16.9. The van der Waals surface area contributed by atoms with Gasteiger partial charge in [0.15, 0.2) is 5.17 Å². The molecule has 0 aliphatic carbocycles. The van der Waals surface area contributed by atoms with Crippen LogP contribution >= 0.6 is 11.8 Å². The normalized spacial score (nSPS) is 20.3. The highest BCUT2D eigenvalue weighted by Crippen LogP contribution is 2.38. The number of anilines is 1. The van der Waals surface area contributed by atoms with Crippen LogP contribution in [-0.4, -0.2) is 39.4 Å². The van der Waals surface area contributed by atoms with Crippen molar-refractivity contribution in [2.45, 2.75) is 57.4 Å². The Morgan fingerprint density at radius 3 is 2.69 bits per heavy atom. The summed E-state index contributed by atoms with van der Waals surface area (Å²) in [6, 6.07) is 21.2. The quantitative estimate of drug-likeness (QED) is 0.438. The molecule has 2 atom stereocenters. The molecule has 0 spiro atoms. The van der Waals surface area contributed by atoms with Gasteiger partial charge in [0.25, 0.3) is 0 Å². The van der Waals surface area contributed by atoms with Gasteiger partial charge in [-0.3, -0.25) is 9.89 Å². The molecule has 3 heterocycles. The van der Waals surface area contributed by atoms with Crippen molar-refractivity contribution in [2.24, 2.45) is 4.99 Å². The average Bonchev–Trinajstić information content (AvgIpc) is 3.23. The molecular formula is C29H34N4OS. The van der Waals surface area contributed by atoms with Gasteiger partial charge < -0.3 is 10.1 Å². The van der Waals surface area contributed by atoms with Crippen molar-refractivity contribution < 1.29 is 4.74 Å². The highest BCUT2D eigenvalue weighted by atomic mass is 32.2. The van der Waals surface area contributed by atoms with Crippen LogP contribution in [0.3, 0.4) is 0 Å². The maximum absolute atomic E-state index is 6.34. The van der Waals surface area contributed by atoms with Crippen LogP contribution in [0.5, 0.6) is 11.6 Å². The molecule has 5 rings (SSSR count). The van der Waals surface area contributed by atoms with Crippen LogP contribution < -0.4 is 10.1 Å². The van der Waals surface area contributed by atoms with Crippen molar-refractivity contribution in [1.29, 1.82) is 0 Å². The first-order valence-corrected chi connectivity index (χ1v) is 13.3. The Labute approximate surface area is 213 Å². The third-order valence-corrected chi connectivity index (χ3v) is 7.92. The number of fused-ring (bicyclic) bond motifs is 1. The summed E-state index contributed by atoms with van der Waals surface area (Å²) in [7, 11) is 0. The fourth-order valence-corrected chi connectivity index (χ4v) is 6.04. The smallest absolute Gasteiger partial charge is 0.243 e. The Kier molecular flexibility index (Phi) is 6.85. The first kappa shape index (κ1) is 23.9. The average molecular weight is 487 g/mol. The Hall–Kier alpha value is -2.83. The van der Waals surface area contributed by atoms with Gasteiger partial charge in [-0.15, -0.1) is 0 Å². The predicted octanol–water partition coefficient (Wildman–Crippen LogP) is 6.64. The number of hydrogen-bond donors (Lipinski definition) is 1. The molecule has 1 fully saturated rings. The van der Waals surface area contributed by atoms with Gasteiger partial charge in [0.2, 0.25) is 5.88 Å². The number of thioether (sulfide) groups is 1. The zero-order valence-electron chi connectivity index (χ0n) is 21.0. The molecule has 0 radical (unpaired) electrons. The number of rotatable bonds is 5. The van der Waals surface area contributed by atoms with E-state index in [0.717, 1.165) is 48.2 Å². The fourth-order valence-electron chi connectivity index (χ4n) is 4.75. The van der Waals surface area contributed by atoms with Crippen LogP contribution in [0.1, 0.15) is 43.9 Å². The molecule has 0 saturated carbocycles. The summed E-state index contributed by atoms with van der Waals surface area (Å²) in [6.07, 6.45) is 2.86. The van der Waals surface area contributed by atoms with E-state index < -0.39 is 0 Å². The minimum Gasteiger partial charge on any atom is -0.437 e. The number of likely N-dealkylation sites (tertiary alicyclic amines) is 1. The minimum absolute atomic E-state index is 0.0236. The number of aryl methyl sites for hydroxylation is 1. The Morgan fingerprint density at radius 1 is 1.06 bits per heavy atom. The van der Waals surface area contributed by atoms with Crippen LogP contribution in [0.15, 0.2) is 71.9 Å². The number of aliphatic imine (C=N–C) groups is 1. The summed E-state index contributed by atoms with van der Waals surface area (Å²) >= 11 is 1.84. The van der Waals surface area contributed by atoms with E-state index in [9.17, 15) is 0 Å². The molecule has 0 bridgehead atoms. The van der Waals surface area contributed by atoms with Gasteiger partial charge in [0.05, 0.1) is 6.04 Å². The SMILES string of the molecule is Cc1ccccc1CN1CCC2N=C(Nc3cccnc3Oc3ccccc3C(C)(C)C)SC2C1. The molecule has 2 aliphatic heterocycles. The van der Waals surface area contributed by atoms with Crippen LogP contribution in [0.25, 0.3) is 0 Å². The molecule has 1 saturated heterocycles. The summed E-state index contributed by atoms with van der Waals surface area (Å²) in [5.41, 5.74) is 4.76. The number of amidine groups is 1. The fraction of sp³-hybridized carbons (Fsp3) is 0.379. The van der Waals surface area contributed by atoms with Crippen LogP contribution in [0.4, 0.5) is 5.69 Å². The van der Waals surface area contributed by atoms with Gasteiger partial charge in [0, 0.05) is 36.6 Å². The predicted molar refractivity (Wildman–Crippen MR) is 147 cm³/mol. The molecule has 5 nitrogen and oxygen atoms in total. The summed E-state index contributed by atoms with van der Waals surface area (Å²) in [6.45, 7) is 11.9. The van der Waals surface area contributed by atoms with Gasteiger partial charge >= 0.3 is 0 Å². The summed E-state index contributed by atoms with van der Waals surface area (Å²) in [5, 5.41) is 4.95.